The number of aryl methyl sites for hydroxylation is 1. The first-order valence-electron chi connectivity index (χ1n) is 9.65. The SMILES string of the molecule is COc1cc(C)c(S(=O)(=O)N2CCC(C(=O)NC(C)C(C)C)CC2)cc1OC. The summed E-state index contributed by atoms with van der Waals surface area (Å²) in [4.78, 5) is 12.6. The van der Waals surface area contributed by atoms with E-state index < -0.39 is 10.0 Å². The number of carbonyl (C=O) groups excluding carboxylic acids is 1. The highest BCUT2D eigenvalue weighted by molar-refractivity contribution is 7.89. The van der Waals surface area contributed by atoms with Gasteiger partial charge in [0.25, 0.3) is 0 Å². The van der Waals surface area contributed by atoms with Crippen LogP contribution in [-0.2, 0) is 14.8 Å². The van der Waals surface area contributed by atoms with Gasteiger partial charge in [-0.3, -0.25) is 4.79 Å². The van der Waals surface area contributed by atoms with Crippen LogP contribution in [0.5, 0.6) is 11.5 Å². The van der Waals surface area contributed by atoms with Gasteiger partial charge in [-0.2, -0.15) is 4.31 Å². The number of rotatable bonds is 7. The maximum atomic E-state index is 13.1. The van der Waals surface area contributed by atoms with Gasteiger partial charge in [0.1, 0.15) is 0 Å². The Bertz CT molecular complexity index is 799. The lowest BCUT2D eigenvalue weighted by Crippen LogP contribution is -2.45. The summed E-state index contributed by atoms with van der Waals surface area (Å²) < 4.78 is 38.3. The van der Waals surface area contributed by atoms with Gasteiger partial charge in [-0.25, -0.2) is 8.42 Å². The number of methoxy groups -OCH3 is 2. The van der Waals surface area contributed by atoms with E-state index in [4.69, 9.17) is 9.47 Å². The van der Waals surface area contributed by atoms with Crippen molar-refractivity contribution >= 4 is 15.9 Å². The van der Waals surface area contributed by atoms with Gasteiger partial charge in [0, 0.05) is 31.1 Å². The van der Waals surface area contributed by atoms with Crippen LogP contribution in [0.25, 0.3) is 0 Å². The molecule has 1 N–H and O–H groups in total. The highest BCUT2D eigenvalue weighted by Crippen LogP contribution is 2.34. The number of amides is 1. The number of nitrogens with one attached hydrogen (secondary N) is 1. The highest BCUT2D eigenvalue weighted by atomic mass is 32.2. The quantitative estimate of drug-likeness (QED) is 0.744. The van der Waals surface area contributed by atoms with Gasteiger partial charge >= 0.3 is 0 Å². The van der Waals surface area contributed by atoms with Crippen LogP contribution in [0.15, 0.2) is 17.0 Å². The Morgan fingerprint density at radius 1 is 1.11 bits per heavy atom. The summed E-state index contributed by atoms with van der Waals surface area (Å²) in [6, 6.07) is 3.27. The second-order valence-electron chi connectivity index (χ2n) is 7.69. The first kappa shape index (κ1) is 22.5. The summed E-state index contributed by atoms with van der Waals surface area (Å²) in [5.74, 6) is 1.09. The van der Waals surface area contributed by atoms with E-state index in [1.54, 1.807) is 13.0 Å². The lowest BCUT2D eigenvalue weighted by Gasteiger charge is -2.32. The van der Waals surface area contributed by atoms with Gasteiger partial charge in [-0.05, 0) is 44.2 Å². The fourth-order valence-corrected chi connectivity index (χ4v) is 4.94. The summed E-state index contributed by atoms with van der Waals surface area (Å²) in [6.07, 6.45) is 1.03. The van der Waals surface area contributed by atoms with Crippen molar-refractivity contribution in [3.63, 3.8) is 0 Å². The van der Waals surface area contributed by atoms with Crippen LogP contribution in [-0.4, -0.2) is 52.0 Å². The van der Waals surface area contributed by atoms with Gasteiger partial charge in [0.15, 0.2) is 11.5 Å². The molecule has 1 unspecified atom stereocenters. The van der Waals surface area contributed by atoms with Crippen LogP contribution >= 0.6 is 0 Å². The van der Waals surface area contributed by atoms with E-state index in [-0.39, 0.29) is 22.8 Å². The maximum Gasteiger partial charge on any atom is 0.243 e. The number of nitrogens with zero attached hydrogens (tertiary/aromatic N) is 1. The van der Waals surface area contributed by atoms with Crippen LogP contribution in [0.1, 0.15) is 39.2 Å². The minimum Gasteiger partial charge on any atom is -0.493 e. The van der Waals surface area contributed by atoms with Gasteiger partial charge in [0.05, 0.1) is 19.1 Å². The second-order valence-corrected chi connectivity index (χ2v) is 9.60. The van der Waals surface area contributed by atoms with Crippen LogP contribution in [0, 0.1) is 18.8 Å². The molecule has 0 bridgehead atoms. The predicted octanol–water partition coefficient (Wildman–Crippen LogP) is 2.57. The molecule has 0 saturated carbocycles. The molecular formula is C20H32N2O5S. The summed E-state index contributed by atoms with van der Waals surface area (Å²) >= 11 is 0. The molecule has 1 aromatic rings. The maximum absolute atomic E-state index is 13.1. The molecule has 1 amide bonds. The molecule has 8 heteroatoms. The zero-order valence-corrected chi connectivity index (χ0v) is 18.4. The van der Waals surface area contributed by atoms with E-state index in [1.165, 1.54) is 24.6 Å². The molecular weight excluding hydrogens is 380 g/mol. The van der Waals surface area contributed by atoms with Crippen molar-refractivity contribution in [1.29, 1.82) is 0 Å². The Balaban J connectivity index is 2.12. The van der Waals surface area contributed by atoms with E-state index >= 15 is 0 Å². The monoisotopic (exact) mass is 412 g/mol. The van der Waals surface area contributed by atoms with Crippen LogP contribution < -0.4 is 14.8 Å². The van der Waals surface area contributed by atoms with Gasteiger partial charge in [-0.15, -0.1) is 0 Å². The number of carbonyl (C=O) groups is 1. The lowest BCUT2D eigenvalue weighted by atomic mass is 9.96. The summed E-state index contributed by atoms with van der Waals surface area (Å²) in [7, 11) is -0.676. The minimum atomic E-state index is -3.67. The first-order chi connectivity index (χ1) is 13.1. The number of ether oxygens (including phenoxy) is 2. The Morgan fingerprint density at radius 3 is 2.14 bits per heavy atom. The largest absolute Gasteiger partial charge is 0.493 e. The summed E-state index contributed by atoms with van der Waals surface area (Å²) in [5.41, 5.74) is 0.600. The van der Waals surface area contributed by atoms with E-state index in [0.29, 0.717) is 48.9 Å². The first-order valence-corrected chi connectivity index (χ1v) is 11.1. The zero-order valence-electron chi connectivity index (χ0n) is 17.6. The van der Waals surface area contributed by atoms with Crippen LogP contribution in [0.2, 0.25) is 0 Å². The van der Waals surface area contributed by atoms with Crippen molar-refractivity contribution in [3.8, 4) is 11.5 Å². The Morgan fingerprint density at radius 2 is 1.64 bits per heavy atom. The molecule has 1 heterocycles. The van der Waals surface area contributed by atoms with E-state index in [0.717, 1.165) is 0 Å². The van der Waals surface area contributed by atoms with E-state index in [9.17, 15) is 13.2 Å². The highest BCUT2D eigenvalue weighted by Gasteiger charge is 2.34. The zero-order chi connectivity index (χ0) is 21.1. The number of hydrogen-bond donors (Lipinski definition) is 1. The van der Waals surface area contributed by atoms with Gasteiger partial charge < -0.3 is 14.8 Å². The average Bonchev–Trinajstić information content (AvgIpc) is 2.67. The normalized spacial score (nSPS) is 17.4. The van der Waals surface area contributed by atoms with E-state index in [2.05, 4.69) is 19.2 Å². The number of benzene rings is 1. The number of sulfonamides is 1. The Hall–Kier alpha value is -1.80. The van der Waals surface area contributed by atoms with Crippen molar-refractivity contribution in [2.45, 2.75) is 51.5 Å². The molecule has 1 aromatic carbocycles. The number of hydrogen-bond acceptors (Lipinski definition) is 5. The third kappa shape index (κ3) is 4.78. The Labute approximate surface area is 168 Å². The fraction of sp³-hybridized carbons (Fsp3) is 0.650. The van der Waals surface area contributed by atoms with Crippen molar-refractivity contribution in [2.24, 2.45) is 11.8 Å². The molecule has 0 spiro atoms. The van der Waals surface area contributed by atoms with Crippen molar-refractivity contribution < 1.29 is 22.7 Å². The van der Waals surface area contributed by atoms with Crippen molar-refractivity contribution in [1.82, 2.24) is 9.62 Å². The fourth-order valence-electron chi connectivity index (χ4n) is 3.25. The van der Waals surface area contributed by atoms with Crippen molar-refractivity contribution in [3.05, 3.63) is 17.7 Å². The predicted molar refractivity (Wildman–Crippen MR) is 108 cm³/mol. The van der Waals surface area contributed by atoms with Crippen LogP contribution in [0.4, 0.5) is 0 Å². The molecule has 7 nitrogen and oxygen atoms in total. The molecule has 28 heavy (non-hydrogen) atoms. The third-order valence-corrected chi connectivity index (χ3v) is 7.53. The third-order valence-electron chi connectivity index (χ3n) is 5.49. The minimum absolute atomic E-state index is 0.0144. The Kier molecular flexibility index (Phi) is 7.33. The van der Waals surface area contributed by atoms with Crippen LogP contribution in [0.3, 0.4) is 0 Å². The molecule has 0 aromatic heterocycles. The second kappa shape index (κ2) is 9.13. The molecule has 0 aliphatic carbocycles. The topological polar surface area (TPSA) is 84.9 Å². The lowest BCUT2D eigenvalue weighted by molar-refractivity contribution is -0.127. The van der Waals surface area contributed by atoms with E-state index in [1.807, 2.05) is 6.92 Å². The van der Waals surface area contributed by atoms with Crippen molar-refractivity contribution in [2.75, 3.05) is 27.3 Å². The van der Waals surface area contributed by atoms with Gasteiger partial charge in [0.2, 0.25) is 15.9 Å². The molecule has 2 rings (SSSR count). The molecule has 1 fully saturated rings. The standard InChI is InChI=1S/C20H32N2O5S/c1-13(2)15(4)21-20(23)16-7-9-22(10-8-16)28(24,25)19-12-18(27-6)17(26-5)11-14(19)3/h11-13,15-16H,7-10H2,1-6H3,(H,21,23). The summed E-state index contributed by atoms with van der Waals surface area (Å²) in [6.45, 7) is 8.50. The molecule has 1 aliphatic heterocycles. The molecule has 0 radical (unpaired) electrons. The van der Waals surface area contributed by atoms with Gasteiger partial charge in [-0.1, -0.05) is 13.8 Å². The smallest absolute Gasteiger partial charge is 0.243 e. The molecule has 1 saturated heterocycles. The number of piperidine rings is 1. The molecule has 1 aliphatic rings. The molecule has 1 atom stereocenters. The molecule has 158 valence electrons. The average molecular weight is 413 g/mol. The summed E-state index contributed by atoms with van der Waals surface area (Å²) in [5, 5.41) is 3.03.